The number of halogens is 5. The molecule has 1 amide bonds. The number of hydrogen-bond donors (Lipinski definition) is 1. The molecule has 0 bridgehead atoms. The first-order chi connectivity index (χ1) is 16.5. The average Bonchev–Trinajstić information content (AvgIpc) is 3.65. The quantitative estimate of drug-likeness (QED) is 0.376. The zero-order valence-corrected chi connectivity index (χ0v) is 19.6. The van der Waals surface area contributed by atoms with Crippen molar-refractivity contribution in [1.82, 2.24) is 4.90 Å². The van der Waals surface area contributed by atoms with E-state index in [2.05, 4.69) is 6.58 Å². The molecule has 0 aromatic heterocycles. The summed E-state index contributed by atoms with van der Waals surface area (Å²) in [7, 11) is 0. The van der Waals surface area contributed by atoms with Crippen LogP contribution in [-0.4, -0.2) is 41.3 Å². The van der Waals surface area contributed by atoms with Crippen molar-refractivity contribution in [3.8, 4) is 0 Å². The maximum absolute atomic E-state index is 14.1. The summed E-state index contributed by atoms with van der Waals surface area (Å²) in [6.07, 6.45) is 1.41. The molecule has 2 aromatic rings. The van der Waals surface area contributed by atoms with Crippen LogP contribution >= 0.6 is 0 Å². The molecule has 2 aliphatic carbocycles. The molecule has 2 fully saturated rings. The lowest BCUT2D eigenvalue weighted by Gasteiger charge is -2.42. The predicted octanol–water partition coefficient (Wildman–Crippen LogP) is 6.33. The fourth-order valence-corrected chi connectivity index (χ4v) is 4.65. The summed E-state index contributed by atoms with van der Waals surface area (Å²) in [6.45, 7) is 4.66. The first kappa shape index (κ1) is 26.9. The van der Waals surface area contributed by atoms with Gasteiger partial charge < -0.3 is 10.0 Å². The van der Waals surface area contributed by atoms with Crippen molar-refractivity contribution in [2.75, 3.05) is 6.61 Å². The van der Waals surface area contributed by atoms with Crippen LogP contribution in [0.1, 0.15) is 55.2 Å². The van der Waals surface area contributed by atoms with E-state index in [1.807, 2.05) is 11.8 Å². The van der Waals surface area contributed by atoms with Crippen LogP contribution in [-0.2, 0) is 10.2 Å². The second-order valence-corrected chi connectivity index (χ2v) is 9.42. The van der Waals surface area contributed by atoms with Crippen molar-refractivity contribution in [2.45, 2.75) is 69.1 Å². The van der Waals surface area contributed by atoms with Crippen molar-refractivity contribution in [3.63, 3.8) is 0 Å². The molecular weight excluding hydrogens is 465 g/mol. The number of amides is 1. The summed E-state index contributed by atoms with van der Waals surface area (Å²) >= 11 is 0. The van der Waals surface area contributed by atoms with Crippen LogP contribution in [0, 0.1) is 18.6 Å². The zero-order chi connectivity index (χ0) is 25.8. The highest BCUT2D eigenvalue weighted by Crippen LogP contribution is 2.43. The van der Waals surface area contributed by atoms with E-state index in [4.69, 9.17) is 0 Å². The van der Waals surface area contributed by atoms with Gasteiger partial charge in [0.15, 0.2) is 0 Å². The number of hydrogen-bond acceptors (Lipinski definition) is 2. The predicted molar refractivity (Wildman–Crippen MR) is 125 cm³/mol. The molecule has 8 heteroatoms. The molecule has 0 aliphatic heterocycles. The van der Waals surface area contributed by atoms with Crippen LogP contribution in [0.3, 0.4) is 0 Å². The SMILES string of the molecule is C=C(c1ccc(C)cc1)C(F)(F)F.O=CN(C1CC1)C1CCC(CO)(c2ccc(F)cc2F)CC1. The van der Waals surface area contributed by atoms with Gasteiger partial charge in [-0.15, -0.1) is 0 Å². The number of nitrogens with zero attached hydrogens (tertiary/aromatic N) is 1. The third kappa shape index (κ3) is 6.48. The first-order valence-corrected chi connectivity index (χ1v) is 11.6. The van der Waals surface area contributed by atoms with Gasteiger partial charge in [-0.25, -0.2) is 8.78 Å². The highest BCUT2D eigenvalue weighted by atomic mass is 19.4. The summed E-state index contributed by atoms with van der Waals surface area (Å²) in [5.74, 6) is -1.20. The molecule has 1 N–H and O–H groups in total. The molecule has 4 rings (SSSR count). The van der Waals surface area contributed by atoms with E-state index in [0.717, 1.165) is 43.7 Å². The van der Waals surface area contributed by atoms with Gasteiger partial charge in [-0.2, -0.15) is 13.2 Å². The molecular formula is C27H30F5NO2. The number of carbonyl (C=O) groups excluding carboxylic acids is 1. The van der Waals surface area contributed by atoms with Crippen LogP contribution < -0.4 is 0 Å². The average molecular weight is 496 g/mol. The van der Waals surface area contributed by atoms with E-state index in [1.54, 1.807) is 12.1 Å². The molecule has 0 radical (unpaired) electrons. The summed E-state index contributed by atoms with van der Waals surface area (Å²) in [6, 6.07) is 10.2. The Bertz CT molecular complexity index is 1020. The van der Waals surface area contributed by atoms with Crippen LogP contribution in [0.5, 0.6) is 0 Å². The molecule has 35 heavy (non-hydrogen) atoms. The Morgan fingerprint density at radius 1 is 1.06 bits per heavy atom. The molecule has 0 unspecified atom stereocenters. The molecule has 0 spiro atoms. The van der Waals surface area contributed by atoms with Crippen LogP contribution in [0.25, 0.3) is 5.57 Å². The fourth-order valence-electron chi connectivity index (χ4n) is 4.65. The second-order valence-electron chi connectivity index (χ2n) is 9.42. The molecule has 2 aliphatic rings. The van der Waals surface area contributed by atoms with Crippen molar-refractivity contribution >= 4 is 12.0 Å². The Balaban J connectivity index is 0.000000225. The third-order valence-electron chi connectivity index (χ3n) is 6.97. The third-order valence-corrected chi connectivity index (χ3v) is 6.97. The van der Waals surface area contributed by atoms with Gasteiger partial charge in [-0.3, -0.25) is 4.79 Å². The number of aliphatic hydroxyl groups is 1. The van der Waals surface area contributed by atoms with Gasteiger partial charge in [0.1, 0.15) is 11.6 Å². The Morgan fingerprint density at radius 3 is 2.09 bits per heavy atom. The number of aliphatic hydroxyl groups excluding tert-OH is 1. The fraction of sp³-hybridized carbons (Fsp3) is 0.444. The van der Waals surface area contributed by atoms with Crippen molar-refractivity contribution < 1.29 is 31.9 Å². The zero-order valence-electron chi connectivity index (χ0n) is 19.6. The summed E-state index contributed by atoms with van der Waals surface area (Å²) < 4.78 is 63.6. The standard InChI is InChI=1S/C17H21F2NO2.C10H9F3/c18-12-1-4-15(16(19)9-12)17(10-21)7-5-14(6-8-17)20(11-22)13-2-3-13;1-7-3-5-9(6-4-7)8(2)10(11,12)13/h1,4,9,11,13-14,21H,2-3,5-8,10H2;3-6H,2H2,1H3. The second kappa shape index (κ2) is 10.9. The van der Waals surface area contributed by atoms with Gasteiger partial charge in [0.25, 0.3) is 0 Å². The minimum absolute atomic E-state index is 0.123. The van der Waals surface area contributed by atoms with Crippen molar-refractivity contribution in [1.29, 1.82) is 0 Å². The van der Waals surface area contributed by atoms with Gasteiger partial charge in [0.05, 0.1) is 12.2 Å². The molecule has 0 saturated heterocycles. The van der Waals surface area contributed by atoms with E-state index in [0.29, 0.717) is 24.4 Å². The molecule has 3 nitrogen and oxygen atoms in total. The number of aryl methyl sites for hydroxylation is 1. The van der Waals surface area contributed by atoms with Gasteiger partial charge in [0, 0.05) is 23.6 Å². The van der Waals surface area contributed by atoms with E-state index in [1.165, 1.54) is 24.3 Å². The highest BCUT2D eigenvalue weighted by Gasteiger charge is 2.42. The Kier molecular flexibility index (Phi) is 8.36. The lowest BCUT2D eigenvalue weighted by molar-refractivity contribution is -0.121. The Hall–Kier alpha value is -2.74. The summed E-state index contributed by atoms with van der Waals surface area (Å²) in [5.41, 5.74) is -0.0184. The van der Waals surface area contributed by atoms with Crippen molar-refractivity contribution in [3.05, 3.63) is 77.4 Å². The Morgan fingerprint density at radius 2 is 1.63 bits per heavy atom. The summed E-state index contributed by atoms with van der Waals surface area (Å²) in [4.78, 5) is 13.1. The number of alkyl halides is 3. The summed E-state index contributed by atoms with van der Waals surface area (Å²) in [5, 5.41) is 9.85. The molecule has 2 aromatic carbocycles. The number of carbonyl (C=O) groups is 1. The lowest BCUT2D eigenvalue weighted by Crippen LogP contribution is -2.44. The van der Waals surface area contributed by atoms with E-state index in [9.17, 15) is 31.9 Å². The van der Waals surface area contributed by atoms with E-state index in [-0.39, 0.29) is 18.2 Å². The molecule has 190 valence electrons. The number of rotatable bonds is 6. The monoisotopic (exact) mass is 495 g/mol. The van der Waals surface area contributed by atoms with Crippen LogP contribution in [0.2, 0.25) is 0 Å². The minimum Gasteiger partial charge on any atom is -0.395 e. The molecule has 0 atom stereocenters. The highest BCUT2D eigenvalue weighted by molar-refractivity contribution is 5.67. The maximum atomic E-state index is 14.1. The van der Waals surface area contributed by atoms with Crippen molar-refractivity contribution in [2.24, 2.45) is 0 Å². The molecule has 2 saturated carbocycles. The van der Waals surface area contributed by atoms with Gasteiger partial charge in [0.2, 0.25) is 6.41 Å². The number of benzene rings is 2. The minimum atomic E-state index is -4.34. The van der Waals surface area contributed by atoms with Gasteiger partial charge in [-0.1, -0.05) is 42.5 Å². The molecule has 0 heterocycles. The van der Waals surface area contributed by atoms with Crippen LogP contribution in [0.4, 0.5) is 22.0 Å². The maximum Gasteiger partial charge on any atom is 0.416 e. The first-order valence-electron chi connectivity index (χ1n) is 11.6. The van der Waals surface area contributed by atoms with E-state index >= 15 is 0 Å². The number of allylic oxidation sites excluding steroid dienone is 1. The lowest BCUT2D eigenvalue weighted by atomic mass is 9.68. The van der Waals surface area contributed by atoms with Gasteiger partial charge >= 0.3 is 6.18 Å². The Labute approximate surface area is 202 Å². The largest absolute Gasteiger partial charge is 0.416 e. The van der Waals surface area contributed by atoms with Gasteiger partial charge in [-0.05, 0) is 62.6 Å². The van der Waals surface area contributed by atoms with E-state index < -0.39 is 28.8 Å². The smallest absolute Gasteiger partial charge is 0.395 e. The normalized spacial score (nSPS) is 22.1. The topological polar surface area (TPSA) is 40.5 Å². The van der Waals surface area contributed by atoms with Crippen LogP contribution in [0.15, 0.2) is 49.0 Å².